The number of fused-ring (bicyclic) bond motifs is 1. The van der Waals surface area contributed by atoms with Crippen LogP contribution in [0.25, 0.3) is 17.0 Å². The van der Waals surface area contributed by atoms with Crippen molar-refractivity contribution in [2.75, 3.05) is 26.3 Å². The lowest BCUT2D eigenvalue weighted by atomic mass is 9.76. The van der Waals surface area contributed by atoms with Crippen LogP contribution in [0.15, 0.2) is 47.0 Å². The third-order valence-corrected chi connectivity index (χ3v) is 7.76. The Morgan fingerprint density at radius 1 is 1.07 bits per heavy atom. The predicted octanol–water partition coefficient (Wildman–Crippen LogP) is 4.10. The molecule has 0 atom stereocenters. The van der Waals surface area contributed by atoms with Gasteiger partial charge in [-0.25, -0.2) is 0 Å². The van der Waals surface area contributed by atoms with Crippen LogP contribution in [0.1, 0.15) is 53.3 Å². The van der Waals surface area contributed by atoms with E-state index in [9.17, 15) is 22.8 Å². The van der Waals surface area contributed by atoms with Crippen LogP contribution in [0.3, 0.4) is 0 Å². The molecule has 0 spiro atoms. The van der Waals surface area contributed by atoms with Gasteiger partial charge in [-0.15, -0.1) is 10.2 Å². The third kappa shape index (κ3) is 4.60. The molecule has 3 aliphatic rings. The number of amides is 2. The Kier molecular flexibility index (Phi) is 6.34. The molecule has 2 aromatic heterocycles. The molecule has 0 N–H and O–H groups in total. The lowest BCUT2D eigenvalue weighted by molar-refractivity contribution is -0.157. The van der Waals surface area contributed by atoms with Gasteiger partial charge in [0, 0.05) is 24.8 Å². The number of nitrogens with zero attached hydrogens (tertiary/aromatic N) is 5. The van der Waals surface area contributed by atoms with Gasteiger partial charge in [0.15, 0.2) is 0 Å². The number of carbonyl (C=O) groups is 2. The van der Waals surface area contributed by atoms with Crippen LogP contribution in [0.5, 0.6) is 0 Å². The average Bonchev–Trinajstić information content (AvgIpc) is 3.41. The highest BCUT2D eigenvalue weighted by atomic mass is 19.4. The summed E-state index contributed by atoms with van der Waals surface area (Å²) < 4.78 is 48.3. The number of imide groups is 1. The van der Waals surface area contributed by atoms with E-state index in [1.54, 1.807) is 19.9 Å². The molecule has 6 rings (SSSR count). The number of pyridine rings is 1. The number of benzene rings is 1. The first kappa shape index (κ1) is 26.3. The Balaban J connectivity index is 1.21. The van der Waals surface area contributed by atoms with Crippen LogP contribution >= 0.6 is 0 Å². The summed E-state index contributed by atoms with van der Waals surface area (Å²) in [5.41, 5.74) is 2.96. The van der Waals surface area contributed by atoms with E-state index < -0.39 is 23.4 Å². The van der Waals surface area contributed by atoms with Gasteiger partial charge < -0.3 is 9.15 Å². The van der Waals surface area contributed by atoms with Crippen molar-refractivity contribution in [1.29, 1.82) is 0 Å². The first-order valence-electron chi connectivity index (χ1n) is 12.9. The van der Waals surface area contributed by atoms with Crippen LogP contribution in [0, 0.1) is 0 Å². The van der Waals surface area contributed by atoms with Gasteiger partial charge in [0.1, 0.15) is 0 Å². The van der Waals surface area contributed by atoms with Crippen molar-refractivity contribution in [3.8, 4) is 11.5 Å². The van der Waals surface area contributed by atoms with E-state index in [1.165, 1.54) is 23.9 Å². The van der Waals surface area contributed by atoms with Crippen molar-refractivity contribution >= 4 is 17.4 Å². The molecule has 0 bridgehead atoms. The van der Waals surface area contributed by atoms with Gasteiger partial charge in [0.25, 0.3) is 5.91 Å². The fourth-order valence-electron chi connectivity index (χ4n) is 5.26. The second-order valence-corrected chi connectivity index (χ2v) is 10.7. The first-order valence-corrected chi connectivity index (χ1v) is 12.9. The van der Waals surface area contributed by atoms with Gasteiger partial charge in [0.05, 0.1) is 42.5 Å². The molecule has 1 aromatic carbocycles. The zero-order chi connectivity index (χ0) is 28.2. The van der Waals surface area contributed by atoms with Gasteiger partial charge in [-0.3, -0.25) is 24.4 Å². The smallest absolute Gasteiger partial charge is 0.413 e. The lowest BCUT2D eigenvalue weighted by Gasteiger charge is -2.39. The summed E-state index contributed by atoms with van der Waals surface area (Å²) in [4.78, 5) is 34.8. The predicted molar refractivity (Wildman–Crippen MR) is 136 cm³/mol. The molecule has 208 valence electrons. The van der Waals surface area contributed by atoms with Crippen LogP contribution in [0.4, 0.5) is 13.2 Å². The molecule has 9 nitrogen and oxygen atoms in total. The minimum Gasteiger partial charge on any atom is -0.413 e. The Hall–Kier alpha value is -3.90. The summed E-state index contributed by atoms with van der Waals surface area (Å²) in [6.45, 7) is 6.85. The van der Waals surface area contributed by atoms with Crippen molar-refractivity contribution in [3.63, 3.8) is 0 Å². The normalized spacial score (nSPS) is 19.8. The summed E-state index contributed by atoms with van der Waals surface area (Å²) in [6, 6.07) is 9.12. The van der Waals surface area contributed by atoms with E-state index in [0.29, 0.717) is 22.9 Å². The minimum atomic E-state index is -4.75. The molecule has 12 heteroatoms. The number of alkyl halides is 3. The topological polar surface area (TPSA) is 102 Å². The zero-order valence-electron chi connectivity index (χ0n) is 21.9. The molecule has 0 radical (unpaired) electrons. The Morgan fingerprint density at radius 2 is 1.85 bits per heavy atom. The largest absolute Gasteiger partial charge is 0.470 e. The van der Waals surface area contributed by atoms with Crippen molar-refractivity contribution in [3.05, 3.63) is 70.9 Å². The zero-order valence-corrected chi connectivity index (χ0v) is 21.9. The number of aromatic nitrogens is 3. The van der Waals surface area contributed by atoms with Crippen LogP contribution < -0.4 is 0 Å². The summed E-state index contributed by atoms with van der Waals surface area (Å²) in [5, 5.41) is 6.43. The number of hydrogen-bond acceptors (Lipinski definition) is 8. The molecule has 1 fully saturated rings. The maximum Gasteiger partial charge on any atom is 0.470 e. The van der Waals surface area contributed by atoms with Crippen molar-refractivity contribution in [2.45, 2.75) is 44.4 Å². The second-order valence-electron chi connectivity index (χ2n) is 10.7. The first-order chi connectivity index (χ1) is 19.0. The molecular weight excluding hydrogens is 527 g/mol. The van der Waals surface area contributed by atoms with Gasteiger partial charge in [-0.05, 0) is 61.2 Å². The lowest BCUT2D eigenvalue weighted by Crippen LogP contribution is -2.51. The number of rotatable bonds is 5. The van der Waals surface area contributed by atoms with E-state index in [2.05, 4.69) is 30.6 Å². The summed E-state index contributed by atoms with van der Waals surface area (Å²) in [7, 11) is 0. The molecule has 1 saturated heterocycles. The highest BCUT2D eigenvalue weighted by Gasteiger charge is 2.45. The Labute approximate surface area is 227 Å². The molecule has 3 aromatic rings. The van der Waals surface area contributed by atoms with Gasteiger partial charge in [0.2, 0.25) is 11.8 Å². The SMILES string of the molecule is CC1(C)C(=O)N(Cc2ccc(-c3nnc(C(F)(F)F)o3)cn2)C(=O)c2ccc(C3=CCN(C4COC4)CC3)cc21. The third-order valence-electron chi connectivity index (χ3n) is 7.76. The van der Waals surface area contributed by atoms with E-state index in [4.69, 9.17) is 4.74 Å². The molecule has 5 heterocycles. The molecule has 2 amide bonds. The van der Waals surface area contributed by atoms with Crippen LogP contribution in [-0.4, -0.2) is 69.1 Å². The van der Waals surface area contributed by atoms with Crippen LogP contribution in [0.2, 0.25) is 0 Å². The Bertz CT molecular complexity index is 1510. The minimum absolute atomic E-state index is 0.0912. The fraction of sp³-hybridized carbons (Fsp3) is 0.393. The quantitative estimate of drug-likeness (QED) is 0.436. The number of ether oxygens (including phenoxy) is 1. The van der Waals surface area contributed by atoms with Crippen molar-refractivity contribution in [1.82, 2.24) is 25.0 Å². The molecule has 0 aliphatic carbocycles. The van der Waals surface area contributed by atoms with E-state index >= 15 is 0 Å². The van der Waals surface area contributed by atoms with Gasteiger partial charge >= 0.3 is 12.1 Å². The number of hydrogen-bond donors (Lipinski definition) is 0. The standard InChI is InChI=1S/C28H26F3N5O4/c1-27(2)22-11-17(16-7-9-35(10-8-16)20-14-39-15-20)4-6-21(22)24(37)36(26(27)38)13-19-5-3-18(12-32-19)23-33-34-25(40-23)28(29,30)31/h3-7,11-12,20H,8-10,13-15H2,1-2H3. The second kappa shape index (κ2) is 9.63. The highest BCUT2D eigenvalue weighted by Crippen LogP contribution is 2.38. The van der Waals surface area contributed by atoms with Crippen molar-refractivity contribution < 1.29 is 31.9 Å². The monoisotopic (exact) mass is 553 g/mol. The van der Waals surface area contributed by atoms with E-state index in [1.807, 2.05) is 12.1 Å². The van der Waals surface area contributed by atoms with E-state index in [-0.39, 0.29) is 23.9 Å². The molecule has 40 heavy (non-hydrogen) atoms. The van der Waals surface area contributed by atoms with Crippen LogP contribution in [-0.2, 0) is 27.7 Å². The van der Waals surface area contributed by atoms with Crippen molar-refractivity contribution in [2.24, 2.45) is 0 Å². The Morgan fingerprint density at radius 3 is 2.45 bits per heavy atom. The summed E-state index contributed by atoms with van der Waals surface area (Å²) in [5.74, 6) is -2.56. The van der Waals surface area contributed by atoms with Gasteiger partial charge in [-0.1, -0.05) is 12.1 Å². The number of carbonyl (C=O) groups excluding carboxylic acids is 2. The molecule has 0 unspecified atom stereocenters. The van der Waals surface area contributed by atoms with Gasteiger partial charge in [-0.2, -0.15) is 13.2 Å². The maximum absolute atomic E-state index is 13.6. The molecule has 3 aliphatic heterocycles. The average molecular weight is 554 g/mol. The highest BCUT2D eigenvalue weighted by molar-refractivity contribution is 6.13. The van der Waals surface area contributed by atoms with E-state index in [0.717, 1.165) is 43.2 Å². The summed E-state index contributed by atoms with van der Waals surface area (Å²) >= 11 is 0. The maximum atomic E-state index is 13.6. The summed E-state index contributed by atoms with van der Waals surface area (Å²) in [6.07, 6.45) is -0.392. The molecule has 0 saturated carbocycles. The molecular formula is C28H26F3N5O4. The fourth-order valence-corrected chi connectivity index (χ4v) is 5.26. The number of halogens is 3.